The van der Waals surface area contributed by atoms with Crippen LogP contribution in [0.3, 0.4) is 0 Å². The van der Waals surface area contributed by atoms with Crippen molar-refractivity contribution in [1.82, 2.24) is 9.21 Å². The van der Waals surface area contributed by atoms with Crippen LogP contribution in [0.2, 0.25) is 0 Å². The number of nitrogens with zero attached hydrogens (tertiary/aromatic N) is 2. The number of hydrogen-bond donors (Lipinski definition) is 0. The Bertz CT molecular complexity index is 1210. The second-order valence-corrected chi connectivity index (χ2v) is 10.3. The number of hydrogen-bond acceptors (Lipinski definition) is 5. The first-order valence-electron chi connectivity index (χ1n) is 11.3. The van der Waals surface area contributed by atoms with E-state index >= 15 is 0 Å². The molecule has 8 heteroatoms. The summed E-state index contributed by atoms with van der Waals surface area (Å²) in [6.07, 6.45) is 0.765. The molecule has 2 aromatic carbocycles. The van der Waals surface area contributed by atoms with E-state index in [1.807, 2.05) is 44.2 Å². The van der Waals surface area contributed by atoms with Crippen molar-refractivity contribution >= 4 is 26.9 Å². The van der Waals surface area contributed by atoms with E-state index in [-0.39, 0.29) is 16.8 Å². The summed E-state index contributed by atoms with van der Waals surface area (Å²) in [4.78, 5) is 15.5. The van der Waals surface area contributed by atoms with E-state index < -0.39 is 10.0 Å². The summed E-state index contributed by atoms with van der Waals surface area (Å²) >= 11 is 0. The lowest BCUT2D eigenvalue weighted by molar-refractivity contribution is 0.0671. The Morgan fingerprint density at radius 1 is 1.12 bits per heavy atom. The number of sulfonamides is 1. The molecular weight excluding hydrogens is 440 g/mol. The van der Waals surface area contributed by atoms with Gasteiger partial charge in [0.1, 0.15) is 11.3 Å². The first kappa shape index (κ1) is 23.5. The van der Waals surface area contributed by atoms with E-state index in [1.165, 1.54) is 10.4 Å². The lowest BCUT2D eigenvalue weighted by Crippen LogP contribution is -2.41. The fourth-order valence-corrected chi connectivity index (χ4v) is 5.84. The zero-order chi connectivity index (χ0) is 23.6. The molecule has 1 unspecified atom stereocenters. The number of rotatable bonds is 7. The van der Waals surface area contributed by atoms with Gasteiger partial charge >= 0.3 is 0 Å². The van der Waals surface area contributed by atoms with Crippen LogP contribution < -0.4 is 0 Å². The Morgan fingerprint density at radius 2 is 1.85 bits per heavy atom. The van der Waals surface area contributed by atoms with Gasteiger partial charge in [-0.1, -0.05) is 31.2 Å². The number of fused-ring (bicyclic) bond motifs is 1. The molecule has 33 heavy (non-hydrogen) atoms. The Balaban J connectivity index is 1.66. The number of benzene rings is 2. The number of carbonyl (C=O) groups is 1. The van der Waals surface area contributed by atoms with Crippen molar-refractivity contribution in [3.63, 3.8) is 0 Å². The maximum absolute atomic E-state index is 13.6. The van der Waals surface area contributed by atoms with E-state index in [0.717, 1.165) is 17.4 Å². The average Bonchev–Trinajstić information content (AvgIpc) is 3.27. The highest BCUT2D eigenvalue weighted by molar-refractivity contribution is 7.89. The Labute approximate surface area is 195 Å². The third kappa shape index (κ3) is 4.69. The van der Waals surface area contributed by atoms with Crippen molar-refractivity contribution in [2.24, 2.45) is 0 Å². The van der Waals surface area contributed by atoms with Crippen LogP contribution in [0.5, 0.6) is 0 Å². The van der Waals surface area contributed by atoms with E-state index in [0.29, 0.717) is 49.7 Å². The molecule has 2 heterocycles. The molecule has 0 aliphatic carbocycles. The standard InChI is InChI=1S/C25H30N2O5S/c1-4-11-27(19(3)23-16-20-7-5-6-8-22(20)32-23)25(28)21-10-9-18(2)24(17-21)33(29,30)26-12-14-31-15-13-26/h5-10,16-17,19H,4,11-15H2,1-3H3. The van der Waals surface area contributed by atoms with Crippen molar-refractivity contribution in [3.8, 4) is 0 Å². The molecule has 0 N–H and O–H groups in total. The highest BCUT2D eigenvalue weighted by Gasteiger charge is 2.30. The van der Waals surface area contributed by atoms with Crippen LogP contribution in [0.1, 0.15) is 48.0 Å². The van der Waals surface area contributed by atoms with Crippen LogP contribution in [0.4, 0.5) is 0 Å². The van der Waals surface area contributed by atoms with Crippen LogP contribution in [0.15, 0.2) is 57.8 Å². The van der Waals surface area contributed by atoms with Crippen molar-refractivity contribution < 1.29 is 22.4 Å². The van der Waals surface area contributed by atoms with E-state index in [1.54, 1.807) is 24.0 Å². The molecule has 1 aromatic heterocycles. The number of carbonyl (C=O) groups excluding carboxylic acids is 1. The van der Waals surface area contributed by atoms with Gasteiger partial charge in [-0.2, -0.15) is 4.31 Å². The molecule has 1 aliphatic heterocycles. The van der Waals surface area contributed by atoms with Gasteiger partial charge in [0.15, 0.2) is 0 Å². The van der Waals surface area contributed by atoms with Crippen LogP contribution in [-0.4, -0.2) is 56.4 Å². The van der Waals surface area contributed by atoms with Crippen LogP contribution >= 0.6 is 0 Å². The SMILES string of the molecule is CCCN(C(=O)c1ccc(C)c(S(=O)(=O)N2CCOCC2)c1)C(C)c1cc2ccccc2o1. The summed E-state index contributed by atoms with van der Waals surface area (Å²) < 4.78 is 39.3. The number of morpholine rings is 1. The fraction of sp³-hybridized carbons (Fsp3) is 0.400. The molecule has 1 fully saturated rings. The molecule has 1 atom stereocenters. The average molecular weight is 471 g/mol. The molecule has 1 aliphatic rings. The van der Waals surface area contributed by atoms with Gasteiger partial charge in [0.2, 0.25) is 10.0 Å². The molecule has 4 rings (SSSR count). The van der Waals surface area contributed by atoms with Gasteiger partial charge in [-0.15, -0.1) is 0 Å². The normalized spacial score (nSPS) is 16.1. The van der Waals surface area contributed by atoms with E-state index in [4.69, 9.17) is 9.15 Å². The van der Waals surface area contributed by atoms with Crippen molar-refractivity contribution in [3.05, 3.63) is 65.4 Å². The summed E-state index contributed by atoms with van der Waals surface area (Å²) in [7, 11) is -3.71. The Hall–Kier alpha value is -2.68. The van der Waals surface area contributed by atoms with Crippen molar-refractivity contribution in [2.75, 3.05) is 32.8 Å². The van der Waals surface area contributed by atoms with Gasteiger partial charge in [-0.25, -0.2) is 8.42 Å². The highest BCUT2D eigenvalue weighted by Crippen LogP contribution is 2.30. The first-order chi connectivity index (χ1) is 15.8. The second-order valence-electron chi connectivity index (χ2n) is 8.36. The molecule has 0 spiro atoms. The van der Waals surface area contributed by atoms with Crippen LogP contribution in [-0.2, 0) is 14.8 Å². The highest BCUT2D eigenvalue weighted by atomic mass is 32.2. The zero-order valence-electron chi connectivity index (χ0n) is 19.3. The third-order valence-electron chi connectivity index (χ3n) is 6.07. The quantitative estimate of drug-likeness (QED) is 0.512. The summed E-state index contributed by atoms with van der Waals surface area (Å²) in [5.41, 5.74) is 1.74. The second kappa shape index (κ2) is 9.67. The fourth-order valence-electron chi connectivity index (χ4n) is 4.18. The lowest BCUT2D eigenvalue weighted by Gasteiger charge is -2.29. The number of furan rings is 1. The smallest absolute Gasteiger partial charge is 0.254 e. The first-order valence-corrected chi connectivity index (χ1v) is 12.7. The minimum absolute atomic E-state index is 0.170. The van der Waals surface area contributed by atoms with Gasteiger partial charge in [-0.05, 0) is 50.1 Å². The van der Waals surface area contributed by atoms with Crippen molar-refractivity contribution in [1.29, 1.82) is 0 Å². The van der Waals surface area contributed by atoms with Gasteiger partial charge in [0.05, 0.1) is 24.2 Å². The number of para-hydroxylation sites is 1. The number of amides is 1. The summed E-state index contributed by atoms with van der Waals surface area (Å²) in [5.74, 6) is 0.481. The van der Waals surface area contributed by atoms with Crippen molar-refractivity contribution in [2.45, 2.75) is 38.1 Å². The molecule has 7 nitrogen and oxygen atoms in total. The number of aryl methyl sites for hydroxylation is 1. The molecule has 1 amide bonds. The molecular formula is C25H30N2O5S. The summed E-state index contributed by atoms with van der Waals surface area (Å²) in [5, 5.41) is 0.984. The maximum Gasteiger partial charge on any atom is 0.254 e. The topological polar surface area (TPSA) is 80.1 Å². The third-order valence-corrected chi connectivity index (χ3v) is 8.11. The molecule has 1 saturated heterocycles. The van der Waals surface area contributed by atoms with Gasteiger partial charge in [-0.3, -0.25) is 4.79 Å². The maximum atomic E-state index is 13.6. The molecule has 3 aromatic rings. The minimum Gasteiger partial charge on any atom is -0.459 e. The monoisotopic (exact) mass is 470 g/mol. The van der Waals surface area contributed by atoms with Gasteiger partial charge in [0, 0.05) is 30.6 Å². The predicted molar refractivity (Wildman–Crippen MR) is 127 cm³/mol. The van der Waals surface area contributed by atoms with Gasteiger partial charge in [0.25, 0.3) is 5.91 Å². The molecule has 0 saturated carbocycles. The van der Waals surface area contributed by atoms with Crippen LogP contribution in [0, 0.1) is 6.92 Å². The lowest BCUT2D eigenvalue weighted by atomic mass is 10.1. The van der Waals surface area contributed by atoms with E-state index in [9.17, 15) is 13.2 Å². The molecule has 0 bridgehead atoms. The zero-order valence-corrected chi connectivity index (χ0v) is 20.1. The van der Waals surface area contributed by atoms with Gasteiger partial charge < -0.3 is 14.1 Å². The Kier molecular flexibility index (Phi) is 6.88. The molecule has 0 radical (unpaired) electrons. The predicted octanol–water partition coefficient (Wildman–Crippen LogP) is 4.38. The summed E-state index contributed by atoms with van der Waals surface area (Å²) in [6.45, 7) is 7.58. The largest absolute Gasteiger partial charge is 0.459 e. The summed E-state index contributed by atoms with van der Waals surface area (Å²) in [6, 6.07) is 14.3. The van der Waals surface area contributed by atoms with Crippen LogP contribution in [0.25, 0.3) is 11.0 Å². The van der Waals surface area contributed by atoms with E-state index in [2.05, 4.69) is 0 Å². The Morgan fingerprint density at radius 3 is 2.55 bits per heavy atom. The molecule has 176 valence electrons. The number of ether oxygens (including phenoxy) is 1. The minimum atomic E-state index is -3.71.